The molecule has 0 atom stereocenters. The molecule has 0 amide bonds. The highest BCUT2D eigenvalue weighted by molar-refractivity contribution is 5.37. The largest absolute Gasteiger partial charge is 0.480 e. The van der Waals surface area contributed by atoms with Crippen LogP contribution in [-0.2, 0) is 5.11 Å². The van der Waals surface area contributed by atoms with Crippen molar-refractivity contribution in [1.82, 2.24) is 0 Å². The monoisotopic (exact) mass is 191 g/mol. The number of benzene rings is 1. The van der Waals surface area contributed by atoms with Gasteiger partial charge < -0.3 is 4.74 Å². The minimum absolute atomic E-state index is 0.278. The molecule has 0 bridgehead atoms. The van der Waals surface area contributed by atoms with E-state index in [0.29, 0.717) is 0 Å². The van der Waals surface area contributed by atoms with Crippen molar-refractivity contribution in [3.8, 4) is 11.5 Å². The van der Waals surface area contributed by atoms with Gasteiger partial charge in [-0.25, -0.2) is 0 Å². The third-order valence-corrected chi connectivity index (χ3v) is 1.24. The van der Waals surface area contributed by atoms with Crippen molar-refractivity contribution < 1.29 is 23.0 Å². The molecule has 1 radical (unpaired) electrons. The number of halogens is 3. The molecular weight excluding hydrogens is 185 g/mol. The van der Waals surface area contributed by atoms with E-state index < -0.39 is 18.5 Å². The summed E-state index contributed by atoms with van der Waals surface area (Å²) in [6.07, 6.45) is -4.41. The van der Waals surface area contributed by atoms with Gasteiger partial charge in [-0.15, -0.1) is 0 Å². The molecule has 71 valence electrons. The lowest BCUT2D eigenvalue weighted by atomic mass is 10.3. The first kappa shape index (κ1) is 9.70. The van der Waals surface area contributed by atoms with E-state index in [2.05, 4.69) is 4.74 Å². The van der Waals surface area contributed by atoms with Crippen LogP contribution in [0.25, 0.3) is 0 Å². The number of alkyl halides is 3. The van der Waals surface area contributed by atoms with Crippen LogP contribution in [0, 0.1) is 0 Å². The second-order valence-corrected chi connectivity index (χ2v) is 2.35. The summed E-state index contributed by atoms with van der Waals surface area (Å²) in [5.41, 5.74) is 0. The Morgan fingerprint density at radius 1 is 1.23 bits per heavy atom. The topological polar surface area (TPSA) is 29.1 Å². The molecule has 1 aromatic rings. The van der Waals surface area contributed by atoms with E-state index in [0.717, 1.165) is 6.07 Å². The molecular formula is C8H6F3O2. The summed E-state index contributed by atoms with van der Waals surface area (Å²) in [7, 11) is 0. The molecule has 0 aliphatic carbocycles. The highest BCUT2D eigenvalue weighted by Gasteiger charge is 2.28. The van der Waals surface area contributed by atoms with E-state index in [9.17, 15) is 18.3 Å². The first-order valence-electron chi connectivity index (χ1n) is 3.44. The number of hydrogen-bond donors (Lipinski definition) is 0. The molecule has 0 fully saturated rings. The second-order valence-electron chi connectivity index (χ2n) is 2.35. The number of rotatable bonds is 2. The van der Waals surface area contributed by atoms with Crippen LogP contribution in [0.3, 0.4) is 0 Å². The zero-order chi connectivity index (χ0) is 9.90. The van der Waals surface area contributed by atoms with E-state index in [1.807, 2.05) is 0 Å². The third kappa shape index (κ3) is 3.23. The first-order valence-corrected chi connectivity index (χ1v) is 3.44. The lowest BCUT2D eigenvalue weighted by Crippen LogP contribution is -2.19. The van der Waals surface area contributed by atoms with Gasteiger partial charge in [0.25, 0.3) is 0 Å². The van der Waals surface area contributed by atoms with Crippen LogP contribution in [0.4, 0.5) is 13.2 Å². The summed E-state index contributed by atoms with van der Waals surface area (Å²) >= 11 is 0. The lowest BCUT2D eigenvalue weighted by Gasteiger charge is -2.08. The second kappa shape index (κ2) is 3.55. The maximum absolute atomic E-state index is 11.6. The van der Waals surface area contributed by atoms with Gasteiger partial charge in [-0.1, -0.05) is 12.1 Å². The number of ether oxygens (including phenoxy) is 1. The highest BCUT2D eigenvalue weighted by atomic mass is 19.4. The fourth-order valence-corrected chi connectivity index (χ4v) is 0.729. The van der Waals surface area contributed by atoms with E-state index in [1.165, 1.54) is 18.2 Å². The van der Waals surface area contributed by atoms with Crippen molar-refractivity contribution in [3.05, 3.63) is 24.3 Å². The van der Waals surface area contributed by atoms with E-state index in [-0.39, 0.29) is 5.75 Å². The van der Waals surface area contributed by atoms with E-state index in [1.54, 1.807) is 0 Å². The summed E-state index contributed by atoms with van der Waals surface area (Å²) in [6.45, 7) is -1.44. The fraction of sp³-hybridized carbons (Fsp3) is 0.250. The quantitative estimate of drug-likeness (QED) is 0.706. The maximum atomic E-state index is 11.6. The molecule has 5 heteroatoms. The predicted molar refractivity (Wildman–Crippen MR) is 38.1 cm³/mol. The Morgan fingerprint density at radius 2 is 1.85 bits per heavy atom. The maximum Gasteiger partial charge on any atom is 0.422 e. The molecule has 0 aliphatic heterocycles. The standard InChI is InChI=1S/C8H6F3O2/c9-8(10,11)5-13-7-4-2-1-3-6(7)12/h1-4H,5H2. The van der Waals surface area contributed by atoms with Crippen LogP contribution in [0.2, 0.25) is 0 Å². The Bertz CT molecular complexity index is 283. The highest BCUT2D eigenvalue weighted by Crippen LogP contribution is 2.27. The average Bonchev–Trinajstić information content (AvgIpc) is 2.01. The molecule has 0 aliphatic rings. The van der Waals surface area contributed by atoms with Crippen molar-refractivity contribution >= 4 is 0 Å². The minimum atomic E-state index is -4.41. The third-order valence-electron chi connectivity index (χ3n) is 1.24. The Kier molecular flexibility index (Phi) is 2.65. The minimum Gasteiger partial charge on any atom is -0.480 e. The summed E-state index contributed by atoms with van der Waals surface area (Å²) in [5.74, 6) is -0.827. The summed E-state index contributed by atoms with van der Waals surface area (Å²) in [4.78, 5) is 0. The van der Waals surface area contributed by atoms with Crippen LogP contribution in [0.15, 0.2) is 24.3 Å². The van der Waals surface area contributed by atoms with Crippen molar-refractivity contribution in [3.63, 3.8) is 0 Å². The van der Waals surface area contributed by atoms with Gasteiger partial charge in [0, 0.05) is 0 Å². The normalized spacial score (nSPS) is 11.3. The van der Waals surface area contributed by atoms with Gasteiger partial charge in [0.1, 0.15) is 0 Å². The molecule has 1 aromatic carbocycles. The van der Waals surface area contributed by atoms with Crippen LogP contribution in [0.5, 0.6) is 11.5 Å². The Morgan fingerprint density at radius 3 is 2.38 bits per heavy atom. The molecule has 0 saturated carbocycles. The summed E-state index contributed by atoms with van der Waals surface area (Å²) < 4.78 is 39.2. The van der Waals surface area contributed by atoms with Crippen LogP contribution in [-0.4, -0.2) is 12.8 Å². The van der Waals surface area contributed by atoms with E-state index >= 15 is 0 Å². The Labute approximate surface area is 72.6 Å². The van der Waals surface area contributed by atoms with Gasteiger partial charge in [0.15, 0.2) is 12.4 Å². The van der Waals surface area contributed by atoms with Gasteiger partial charge in [-0.3, -0.25) is 5.11 Å². The summed E-state index contributed by atoms with van der Waals surface area (Å²) in [5, 5.41) is 10.8. The predicted octanol–water partition coefficient (Wildman–Crippen LogP) is 2.77. The van der Waals surface area contributed by atoms with Crippen molar-refractivity contribution in [2.45, 2.75) is 6.18 Å². The molecule has 0 unspecified atom stereocenters. The molecule has 0 N–H and O–H groups in total. The van der Waals surface area contributed by atoms with Gasteiger partial charge in [0.2, 0.25) is 5.75 Å². The number of hydrogen-bond acceptors (Lipinski definition) is 1. The van der Waals surface area contributed by atoms with Gasteiger partial charge >= 0.3 is 6.18 Å². The molecule has 13 heavy (non-hydrogen) atoms. The lowest BCUT2D eigenvalue weighted by molar-refractivity contribution is -0.153. The van der Waals surface area contributed by atoms with Crippen LogP contribution in [0.1, 0.15) is 0 Å². The molecule has 0 spiro atoms. The smallest absolute Gasteiger partial charge is 0.422 e. The Hall–Kier alpha value is -1.39. The molecule has 0 saturated heterocycles. The molecule has 1 rings (SSSR count). The van der Waals surface area contributed by atoms with Gasteiger partial charge in [0.05, 0.1) is 0 Å². The van der Waals surface area contributed by atoms with Gasteiger partial charge in [-0.05, 0) is 12.1 Å². The zero-order valence-corrected chi connectivity index (χ0v) is 6.47. The van der Waals surface area contributed by atoms with Crippen LogP contribution < -0.4 is 4.74 Å². The van der Waals surface area contributed by atoms with E-state index in [4.69, 9.17) is 0 Å². The average molecular weight is 191 g/mol. The van der Waals surface area contributed by atoms with Crippen LogP contribution >= 0.6 is 0 Å². The SMILES string of the molecule is [O]c1ccccc1OCC(F)(F)F. The van der Waals surface area contributed by atoms with Gasteiger partial charge in [-0.2, -0.15) is 13.2 Å². The van der Waals surface area contributed by atoms with Crippen molar-refractivity contribution in [1.29, 1.82) is 0 Å². The number of para-hydroxylation sites is 2. The Balaban J connectivity index is 2.60. The molecule has 0 aromatic heterocycles. The first-order chi connectivity index (χ1) is 5.99. The molecule has 0 heterocycles. The van der Waals surface area contributed by atoms with Crippen molar-refractivity contribution in [2.24, 2.45) is 0 Å². The fourth-order valence-electron chi connectivity index (χ4n) is 0.729. The van der Waals surface area contributed by atoms with Crippen molar-refractivity contribution in [2.75, 3.05) is 6.61 Å². The molecule has 2 nitrogen and oxygen atoms in total. The zero-order valence-electron chi connectivity index (χ0n) is 6.47. The summed E-state index contributed by atoms with van der Waals surface area (Å²) in [6, 6.07) is 5.22.